The molecule has 0 saturated heterocycles. The molecule has 1 aromatic heterocycles. The van der Waals surface area contributed by atoms with Crippen LogP contribution in [0, 0.1) is 0 Å². The van der Waals surface area contributed by atoms with Gasteiger partial charge < -0.3 is 0 Å². The molecule has 12 heavy (non-hydrogen) atoms. The molecule has 1 aliphatic carbocycles. The zero-order chi connectivity index (χ0) is 8.55. The second-order valence-electron chi connectivity index (χ2n) is 3.26. The first-order chi connectivity index (χ1) is 5.77. The highest BCUT2D eigenvalue weighted by atomic mass is 79.9. The van der Waals surface area contributed by atoms with Crippen molar-refractivity contribution < 1.29 is 0 Å². The first kappa shape index (κ1) is 8.17. The summed E-state index contributed by atoms with van der Waals surface area (Å²) in [5.74, 6) is 1.68. The predicted molar refractivity (Wildman–Crippen MR) is 51.3 cm³/mol. The normalized spacial score (nSPS) is 19.2. The predicted octanol–water partition coefficient (Wildman–Crippen LogP) is 2.81. The molecule has 1 atom stereocenters. The largest absolute Gasteiger partial charge is 0.241 e. The average Bonchev–Trinajstić information content (AvgIpc) is 2.87. The Bertz CT molecular complexity index is 243. The third-order valence-electron chi connectivity index (χ3n) is 2.09. The Morgan fingerprint density at radius 3 is 2.42 bits per heavy atom. The maximum atomic E-state index is 4.32. The second kappa shape index (κ2) is 3.13. The summed E-state index contributed by atoms with van der Waals surface area (Å²) in [6.45, 7) is 2.08. The summed E-state index contributed by atoms with van der Waals surface area (Å²) >= 11 is 3.48. The van der Waals surface area contributed by atoms with Crippen molar-refractivity contribution in [1.29, 1.82) is 0 Å². The van der Waals surface area contributed by atoms with Gasteiger partial charge in [-0.2, -0.15) is 0 Å². The maximum absolute atomic E-state index is 4.32. The topological polar surface area (TPSA) is 25.8 Å². The molecule has 0 bridgehead atoms. The van der Waals surface area contributed by atoms with Crippen LogP contribution < -0.4 is 0 Å². The molecule has 0 radical (unpaired) electrons. The van der Waals surface area contributed by atoms with Crippen LogP contribution in [-0.2, 0) is 0 Å². The van der Waals surface area contributed by atoms with Crippen LogP contribution in [0.2, 0.25) is 0 Å². The van der Waals surface area contributed by atoms with Gasteiger partial charge in [-0.1, -0.05) is 15.9 Å². The maximum Gasteiger partial charge on any atom is 0.131 e. The monoisotopic (exact) mass is 226 g/mol. The molecule has 1 fully saturated rings. The summed E-state index contributed by atoms with van der Waals surface area (Å²) in [5, 5.41) is 0. The Hall–Kier alpha value is -0.440. The lowest BCUT2D eigenvalue weighted by Gasteiger charge is -2.02. The summed E-state index contributed by atoms with van der Waals surface area (Å²) < 4.78 is 0. The van der Waals surface area contributed by atoms with Gasteiger partial charge in [0.25, 0.3) is 0 Å². The minimum absolute atomic E-state index is 0.353. The lowest BCUT2D eigenvalue weighted by atomic mass is 10.2. The highest BCUT2D eigenvalue weighted by Gasteiger charge is 2.26. The van der Waals surface area contributed by atoms with E-state index < -0.39 is 0 Å². The molecule has 2 rings (SSSR count). The minimum atomic E-state index is 0.353. The van der Waals surface area contributed by atoms with Gasteiger partial charge >= 0.3 is 0 Å². The average molecular weight is 227 g/mol. The number of hydrogen-bond donors (Lipinski definition) is 0. The van der Waals surface area contributed by atoms with Crippen molar-refractivity contribution in [2.75, 3.05) is 0 Å². The minimum Gasteiger partial charge on any atom is -0.241 e. The Morgan fingerprint density at radius 1 is 1.42 bits per heavy atom. The molecule has 3 heteroatoms. The zero-order valence-corrected chi connectivity index (χ0v) is 8.58. The van der Waals surface area contributed by atoms with Crippen molar-refractivity contribution in [3.8, 4) is 0 Å². The number of hydrogen-bond acceptors (Lipinski definition) is 2. The van der Waals surface area contributed by atoms with E-state index >= 15 is 0 Å². The third-order valence-corrected chi connectivity index (χ3v) is 2.62. The number of halogens is 1. The van der Waals surface area contributed by atoms with Crippen molar-refractivity contribution in [3.63, 3.8) is 0 Å². The Balaban J connectivity index is 2.18. The fourth-order valence-corrected chi connectivity index (χ4v) is 1.34. The molecule has 1 saturated carbocycles. The van der Waals surface area contributed by atoms with E-state index in [-0.39, 0.29) is 0 Å². The lowest BCUT2D eigenvalue weighted by Crippen LogP contribution is -1.94. The number of nitrogens with zero attached hydrogens (tertiary/aromatic N) is 2. The highest BCUT2D eigenvalue weighted by Crippen LogP contribution is 2.37. The SMILES string of the molecule is CC(Br)c1cnc(C2CC2)nc1. The van der Waals surface area contributed by atoms with E-state index in [0.29, 0.717) is 10.7 Å². The van der Waals surface area contributed by atoms with E-state index in [1.807, 2.05) is 12.4 Å². The van der Waals surface area contributed by atoms with E-state index in [1.165, 1.54) is 12.8 Å². The van der Waals surface area contributed by atoms with Gasteiger partial charge in [-0.15, -0.1) is 0 Å². The van der Waals surface area contributed by atoms with Gasteiger partial charge in [-0.3, -0.25) is 0 Å². The fourth-order valence-electron chi connectivity index (χ4n) is 1.11. The summed E-state index contributed by atoms with van der Waals surface area (Å²) in [4.78, 5) is 8.99. The van der Waals surface area contributed by atoms with Gasteiger partial charge in [0.15, 0.2) is 0 Å². The molecule has 1 unspecified atom stereocenters. The molecule has 0 amide bonds. The summed E-state index contributed by atoms with van der Waals surface area (Å²) in [6, 6.07) is 0. The van der Waals surface area contributed by atoms with Crippen molar-refractivity contribution in [1.82, 2.24) is 9.97 Å². The van der Waals surface area contributed by atoms with Crippen LogP contribution in [0.25, 0.3) is 0 Å². The van der Waals surface area contributed by atoms with Gasteiger partial charge in [0.1, 0.15) is 5.82 Å². The van der Waals surface area contributed by atoms with Gasteiger partial charge in [0.2, 0.25) is 0 Å². The number of rotatable bonds is 2. The summed E-state index contributed by atoms with van der Waals surface area (Å²) in [7, 11) is 0. The standard InChI is InChI=1S/C9H11BrN2/c1-6(10)8-4-11-9(12-5-8)7-2-3-7/h4-7H,2-3H2,1H3. The Labute approximate surface area is 80.6 Å². The zero-order valence-electron chi connectivity index (χ0n) is 7.00. The van der Waals surface area contributed by atoms with Crippen LogP contribution in [0.5, 0.6) is 0 Å². The van der Waals surface area contributed by atoms with Crippen molar-refractivity contribution in [2.45, 2.75) is 30.5 Å². The molecular formula is C9H11BrN2. The molecule has 1 aliphatic rings. The Morgan fingerprint density at radius 2 is 2.00 bits per heavy atom. The molecular weight excluding hydrogens is 216 g/mol. The van der Waals surface area contributed by atoms with Gasteiger partial charge in [0, 0.05) is 28.7 Å². The second-order valence-corrected chi connectivity index (χ2v) is 4.64. The molecule has 2 nitrogen and oxygen atoms in total. The summed E-state index contributed by atoms with van der Waals surface area (Å²) in [6.07, 6.45) is 6.37. The molecule has 0 aliphatic heterocycles. The first-order valence-electron chi connectivity index (χ1n) is 4.23. The van der Waals surface area contributed by atoms with Crippen LogP contribution in [0.4, 0.5) is 0 Å². The van der Waals surface area contributed by atoms with Gasteiger partial charge in [-0.05, 0) is 19.8 Å². The van der Waals surface area contributed by atoms with E-state index in [4.69, 9.17) is 0 Å². The van der Waals surface area contributed by atoms with Gasteiger partial charge in [-0.25, -0.2) is 9.97 Å². The molecule has 0 spiro atoms. The van der Waals surface area contributed by atoms with E-state index in [9.17, 15) is 0 Å². The highest BCUT2D eigenvalue weighted by molar-refractivity contribution is 9.09. The lowest BCUT2D eigenvalue weighted by molar-refractivity contribution is 0.901. The van der Waals surface area contributed by atoms with Crippen molar-refractivity contribution in [3.05, 3.63) is 23.8 Å². The summed E-state index contributed by atoms with van der Waals surface area (Å²) in [5.41, 5.74) is 1.15. The molecule has 64 valence electrons. The fraction of sp³-hybridized carbons (Fsp3) is 0.556. The van der Waals surface area contributed by atoms with E-state index in [1.54, 1.807) is 0 Å². The quantitative estimate of drug-likeness (QED) is 0.726. The van der Waals surface area contributed by atoms with E-state index in [2.05, 4.69) is 32.8 Å². The number of alkyl halides is 1. The molecule has 0 N–H and O–H groups in total. The Kier molecular flexibility index (Phi) is 2.13. The van der Waals surface area contributed by atoms with E-state index in [0.717, 1.165) is 11.4 Å². The van der Waals surface area contributed by atoms with Crippen LogP contribution in [0.15, 0.2) is 12.4 Å². The molecule has 1 heterocycles. The van der Waals surface area contributed by atoms with Crippen molar-refractivity contribution in [2.24, 2.45) is 0 Å². The molecule has 0 aromatic carbocycles. The van der Waals surface area contributed by atoms with Crippen LogP contribution in [-0.4, -0.2) is 9.97 Å². The smallest absolute Gasteiger partial charge is 0.131 e. The van der Waals surface area contributed by atoms with Crippen LogP contribution in [0.1, 0.15) is 41.9 Å². The van der Waals surface area contributed by atoms with Crippen LogP contribution >= 0.6 is 15.9 Å². The van der Waals surface area contributed by atoms with Gasteiger partial charge in [0.05, 0.1) is 0 Å². The van der Waals surface area contributed by atoms with Crippen LogP contribution in [0.3, 0.4) is 0 Å². The molecule has 1 aromatic rings. The van der Waals surface area contributed by atoms with Crippen molar-refractivity contribution >= 4 is 15.9 Å². The third kappa shape index (κ3) is 1.66. The first-order valence-corrected chi connectivity index (χ1v) is 5.15. The number of aromatic nitrogens is 2.